The van der Waals surface area contributed by atoms with Gasteiger partial charge in [0.05, 0.1) is 12.1 Å². The number of ether oxygens (including phenoxy) is 2. The molecule has 0 saturated carbocycles. The molecule has 2 heterocycles. The molecule has 0 saturated heterocycles. The summed E-state index contributed by atoms with van der Waals surface area (Å²) in [5, 5.41) is 4.65. The van der Waals surface area contributed by atoms with Crippen molar-refractivity contribution in [1.29, 1.82) is 0 Å². The summed E-state index contributed by atoms with van der Waals surface area (Å²) in [5.74, 6) is 0.280. The Labute approximate surface area is 185 Å². The first kappa shape index (κ1) is 23.7. The molecule has 32 heavy (non-hydrogen) atoms. The first-order chi connectivity index (χ1) is 14.9. The maximum Gasteiger partial charge on any atom is 0.573 e. The lowest BCUT2D eigenvalue weighted by Crippen LogP contribution is -2.25. The number of esters is 1. The predicted molar refractivity (Wildman–Crippen MR) is 115 cm³/mol. The minimum Gasteiger partial charge on any atom is -0.460 e. The fourth-order valence-electron chi connectivity index (χ4n) is 3.53. The van der Waals surface area contributed by atoms with Gasteiger partial charge in [0, 0.05) is 24.8 Å². The van der Waals surface area contributed by atoms with Gasteiger partial charge >= 0.3 is 12.3 Å². The van der Waals surface area contributed by atoms with Crippen LogP contribution >= 0.6 is 0 Å². The Bertz CT molecular complexity index is 973. The minimum absolute atomic E-state index is 0.227. The molecule has 0 bridgehead atoms. The Kier molecular flexibility index (Phi) is 6.85. The smallest absolute Gasteiger partial charge is 0.460 e. The van der Waals surface area contributed by atoms with Gasteiger partial charge in [0.25, 0.3) is 0 Å². The number of alkyl halides is 3. The van der Waals surface area contributed by atoms with E-state index in [0.717, 1.165) is 36.5 Å². The van der Waals surface area contributed by atoms with Crippen LogP contribution in [0.1, 0.15) is 45.7 Å². The molecular weight excluding hydrogens is 423 g/mol. The standard InChI is InChI=1S/C23H28F3N3O3/c1-16-14-20(27-29(16)18-7-9-19(10-8-18)31-23(24,25)26)28-12-5-6-17(11-13-28)15-21(30)32-22(2,3)4/h6-10,14H,5,11-13,15H2,1-4H3. The number of anilines is 1. The van der Waals surface area contributed by atoms with Crippen LogP contribution in [-0.4, -0.2) is 40.8 Å². The summed E-state index contributed by atoms with van der Waals surface area (Å²) in [5.41, 5.74) is 2.05. The van der Waals surface area contributed by atoms with E-state index in [1.54, 1.807) is 4.68 Å². The number of benzene rings is 1. The van der Waals surface area contributed by atoms with Crippen molar-refractivity contribution in [1.82, 2.24) is 9.78 Å². The molecule has 0 unspecified atom stereocenters. The van der Waals surface area contributed by atoms with Gasteiger partial charge in [-0.05, 0) is 64.8 Å². The number of hydrogen-bond donors (Lipinski definition) is 0. The highest BCUT2D eigenvalue weighted by atomic mass is 19.4. The number of aryl methyl sites for hydroxylation is 1. The monoisotopic (exact) mass is 451 g/mol. The Morgan fingerprint density at radius 1 is 1.12 bits per heavy atom. The van der Waals surface area contributed by atoms with Crippen LogP contribution in [0.2, 0.25) is 0 Å². The molecule has 1 aliphatic rings. The molecule has 0 amide bonds. The van der Waals surface area contributed by atoms with Gasteiger partial charge in [0.15, 0.2) is 5.82 Å². The molecule has 0 N–H and O–H groups in total. The minimum atomic E-state index is -4.72. The Balaban J connectivity index is 1.64. The third kappa shape index (κ3) is 6.77. The summed E-state index contributed by atoms with van der Waals surface area (Å²) in [6, 6.07) is 7.55. The molecule has 1 aromatic carbocycles. The summed E-state index contributed by atoms with van der Waals surface area (Å²) >= 11 is 0. The maximum atomic E-state index is 12.4. The van der Waals surface area contributed by atoms with Crippen molar-refractivity contribution in [2.45, 2.75) is 58.9 Å². The van der Waals surface area contributed by atoms with Crippen molar-refractivity contribution < 1.29 is 27.4 Å². The second kappa shape index (κ2) is 9.26. The van der Waals surface area contributed by atoms with Gasteiger partial charge in [-0.15, -0.1) is 13.2 Å². The number of aromatic nitrogens is 2. The SMILES string of the molecule is Cc1cc(N2CCC=C(CC(=O)OC(C)(C)C)CC2)nn1-c1ccc(OC(F)(F)F)cc1. The molecule has 3 rings (SSSR count). The van der Waals surface area contributed by atoms with Crippen LogP contribution in [0.3, 0.4) is 0 Å². The van der Waals surface area contributed by atoms with Crippen LogP contribution in [0.15, 0.2) is 42.0 Å². The Morgan fingerprint density at radius 2 is 1.81 bits per heavy atom. The fourth-order valence-corrected chi connectivity index (χ4v) is 3.53. The zero-order valence-electron chi connectivity index (χ0n) is 18.7. The molecule has 2 aromatic rings. The summed E-state index contributed by atoms with van der Waals surface area (Å²) in [6.45, 7) is 8.91. The number of hydrogen-bond acceptors (Lipinski definition) is 5. The van der Waals surface area contributed by atoms with E-state index in [1.807, 2.05) is 33.8 Å². The maximum absolute atomic E-state index is 12.4. The number of carbonyl (C=O) groups is 1. The van der Waals surface area contributed by atoms with Gasteiger partial charge < -0.3 is 14.4 Å². The largest absolute Gasteiger partial charge is 0.573 e. The van der Waals surface area contributed by atoms with Crippen molar-refractivity contribution in [3.63, 3.8) is 0 Å². The van der Waals surface area contributed by atoms with E-state index < -0.39 is 12.0 Å². The third-order valence-electron chi connectivity index (χ3n) is 4.84. The van der Waals surface area contributed by atoms with E-state index in [9.17, 15) is 18.0 Å². The predicted octanol–water partition coefficient (Wildman–Crippen LogP) is 5.34. The van der Waals surface area contributed by atoms with Crippen LogP contribution in [0.4, 0.5) is 19.0 Å². The van der Waals surface area contributed by atoms with Crippen LogP contribution in [-0.2, 0) is 9.53 Å². The van der Waals surface area contributed by atoms with Crippen molar-refractivity contribution in [2.24, 2.45) is 0 Å². The summed E-state index contributed by atoms with van der Waals surface area (Å²) in [4.78, 5) is 14.3. The average molecular weight is 451 g/mol. The van der Waals surface area contributed by atoms with Crippen LogP contribution in [0.25, 0.3) is 5.69 Å². The summed E-state index contributed by atoms with van der Waals surface area (Å²) in [7, 11) is 0. The zero-order valence-corrected chi connectivity index (χ0v) is 18.7. The first-order valence-corrected chi connectivity index (χ1v) is 10.5. The lowest BCUT2D eigenvalue weighted by atomic mass is 10.1. The normalized spacial score (nSPS) is 15.2. The molecule has 0 atom stereocenters. The molecule has 0 aliphatic carbocycles. The van der Waals surface area contributed by atoms with E-state index in [4.69, 9.17) is 4.74 Å². The second-order valence-corrected chi connectivity index (χ2v) is 8.75. The average Bonchev–Trinajstić information content (AvgIpc) is 2.88. The van der Waals surface area contributed by atoms with E-state index in [0.29, 0.717) is 12.2 Å². The lowest BCUT2D eigenvalue weighted by Gasteiger charge is -2.21. The topological polar surface area (TPSA) is 56.6 Å². The molecule has 0 spiro atoms. The highest BCUT2D eigenvalue weighted by molar-refractivity contribution is 5.73. The Hall–Kier alpha value is -2.97. The molecule has 1 aromatic heterocycles. The van der Waals surface area contributed by atoms with Crippen molar-refractivity contribution in [2.75, 3.05) is 18.0 Å². The second-order valence-electron chi connectivity index (χ2n) is 8.75. The zero-order chi connectivity index (χ0) is 23.5. The van der Waals surface area contributed by atoms with E-state index in [2.05, 4.69) is 20.8 Å². The third-order valence-corrected chi connectivity index (χ3v) is 4.84. The van der Waals surface area contributed by atoms with Gasteiger partial charge in [0.2, 0.25) is 0 Å². The van der Waals surface area contributed by atoms with Crippen molar-refractivity contribution >= 4 is 11.8 Å². The molecule has 174 valence electrons. The fraction of sp³-hybridized carbons (Fsp3) is 0.478. The van der Waals surface area contributed by atoms with Gasteiger partial charge in [0.1, 0.15) is 11.4 Å². The number of carbonyl (C=O) groups excluding carboxylic acids is 1. The first-order valence-electron chi connectivity index (χ1n) is 10.5. The van der Waals surface area contributed by atoms with Crippen LogP contribution in [0, 0.1) is 6.92 Å². The van der Waals surface area contributed by atoms with Gasteiger partial charge in [-0.1, -0.05) is 11.6 Å². The van der Waals surface area contributed by atoms with Gasteiger partial charge in [-0.25, -0.2) is 4.68 Å². The Morgan fingerprint density at radius 3 is 2.44 bits per heavy atom. The molecule has 9 heteroatoms. The lowest BCUT2D eigenvalue weighted by molar-refractivity contribution is -0.274. The highest BCUT2D eigenvalue weighted by Gasteiger charge is 2.31. The molecule has 6 nitrogen and oxygen atoms in total. The molecule has 1 aliphatic heterocycles. The van der Waals surface area contributed by atoms with E-state index in [-0.39, 0.29) is 18.1 Å². The van der Waals surface area contributed by atoms with Gasteiger partial charge in [-0.2, -0.15) is 5.10 Å². The molecule has 0 radical (unpaired) electrons. The molecule has 0 fully saturated rings. The number of halogens is 3. The van der Waals surface area contributed by atoms with E-state index in [1.165, 1.54) is 24.3 Å². The number of rotatable bonds is 5. The molecular formula is C23H28F3N3O3. The van der Waals surface area contributed by atoms with Crippen LogP contribution in [0.5, 0.6) is 5.75 Å². The van der Waals surface area contributed by atoms with Crippen LogP contribution < -0.4 is 9.64 Å². The quantitative estimate of drug-likeness (QED) is 0.454. The van der Waals surface area contributed by atoms with Gasteiger partial charge in [-0.3, -0.25) is 4.79 Å². The van der Waals surface area contributed by atoms with E-state index >= 15 is 0 Å². The highest BCUT2D eigenvalue weighted by Crippen LogP contribution is 2.26. The van der Waals surface area contributed by atoms with Crippen molar-refractivity contribution in [3.8, 4) is 11.4 Å². The van der Waals surface area contributed by atoms with Crippen molar-refractivity contribution in [3.05, 3.63) is 47.7 Å². The summed E-state index contributed by atoms with van der Waals surface area (Å²) < 4.78 is 48.1. The summed E-state index contributed by atoms with van der Waals surface area (Å²) in [6.07, 6.45) is -0.834. The number of nitrogens with zero attached hydrogens (tertiary/aromatic N) is 3.